The Morgan fingerprint density at radius 2 is 0.512 bits per heavy atom. The monoisotopic (exact) mass is 579 g/mol. The Balaban J connectivity index is 0. The second kappa shape index (κ2) is 21.7. The van der Waals surface area contributed by atoms with Gasteiger partial charge in [0.15, 0.2) is 0 Å². The van der Waals surface area contributed by atoms with E-state index in [2.05, 4.69) is 118 Å². The van der Waals surface area contributed by atoms with E-state index in [1.54, 1.807) is 0 Å². The van der Waals surface area contributed by atoms with E-state index in [4.69, 9.17) is 0 Å². The number of hydrogen-bond donors (Lipinski definition) is 0. The van der Waals surface area contributed by atoms with Crippen molar-refractivity contribution in [3.05, 3.63) is 0 Å². The van der Waals surface area contributed by atoms with E-state index < -0.39 is 0 Å². The van der Waals surface area contributed by atoms with Crippen LogP contribution in [0.25, 0.3) is 0 Å². The van der Waals surface area contributed by atoms with Crippen molar-refractivity contribution in [3.63, 3.8) is 0 Å². The lowest BCUT2D eigenvalue weighted by molar-refractivity contribution is 0.127. The second-order valence-corrected chi connectivity index (χ2v) is 18.9. The van der Waals surface area contributed by atoms with Gasteiger partial charge in [0.05, 0.1) is 0 Å². The third-order valence-corrected chi connectivity index (χ3v) is 9.35. The summed E-state index contributed by atoms with van der Waals surface area (Å²) in [7, 11) is 0. The van der Waals surface area contributed by atoms with Gasteiger partial charge in [-0.15, -0.1) is 0 Å². The summed E-state index contributed by atoms with van der Waals surface area (Å²) in [5, 5.41) is 0. The highest BCUT2D eigenvalue weighted by molar-refractivity contribution is 4.84. The normalized spacial score (nSPS) is 13.5. The summed E-state index contributed by atoms with van der Waals surface area (Å²) in [4.78, 5) is 0. The van der Waals surface area contributed by atoms with Crippen LogP contribution in [0.4, 0.5) is 0 Å². The first-order chi connectivity index (χ1) is 18.6. The molecule has 0 heteroatoms. The number of hydrogen-bond acceptors (Lipinski definition) is 0. The van der Waals surface area contributed by atoms with Gasteiger partial charge in [0.1, 0.15) is 0 Å². The SMILES string of the molecule is CC(C)CCC(CCC(C)C)(CCC(C)(C)C)CC(C)C.CC(C)CCC(CCC(C)C)(CCC(C)C)CC(C)C. The fourth-order valence-electron chi connectivity index (χ4n) is 6.71. The van der Waals surface area contributed by atoms with Gasteiger partial charge in [-0.3, -0.25) is 0 Å². The Bertz CT molecular complexity index is 536. The molecular weight excluding hydrogens is 492 g/mol. The highest BCUT2D eigenvalue weighted by atomic mass is 14.4. The van der Waals surface area contributed by atoms with Crippen molar-refractivity contribution in [2.75, 3.05) is 0 Å². The van der Waals surface area contributed by atoms with E-state index in [1.165, 1.54) is 89.9 Å². The molecule has 0 aliphatic rings. The summed E-state index contributed by atoms with van der Waals surface area (Å²) in [6.07, 6.45) is 19.9. The molecule has 0 heterocycles. The predicted octanol–water partition coefficient (Wildman–Crippen LogP) is 15.0. The average molecular weight is 579 g/mol. The van der Waals surface area contributed by atoms with Crippen molar-refractivity contribution in [1.82, 2.24) is 0 Å². The summed E-state index contributed by atoms with van der Waals surface area (Å²) in [5.74, 6) is 5.88. The van der Waals surface area contributed by atoms with Gasteiger partial charge in [-0.25, -0.2) is 0 Å². The summed E-state index contributed by atoms with van der Waals surface area (Å²) in [5.41, 5.74) is 1.68. The summed E-state index contributed by atoms with van der Waals surface area (Å²) in [6.45, 7) is 40.7. The maximum absolute atomic E-state index is 2.41. The Morgan fingerprint density at radius 1 is 0.293 bits per heavy atom. The van der Waals surface area contributed by atoms with Crippen LogP contribution in [0.1, 0.15) is 208 Å². The number of rotatable bonds is 21. The van der Waals surface area contributed by atoms with Crippen molar-refractivity contribution in [3.8, 4) is 0 Å². The molecular formula is C41H86. The molecule has 0 saturated heterocycles. The van der Waals surface area contributed by atoms with E-state index in [-0.39, 0.29) is 0 Å². The Kier molecular flexibility index (Phi) is 22.8. The lowest BCUT2D eigenvalue weighted by Gasteiger charge is -2.39. The van der Waals surface area contributed by atoms with Gasteiger partial charge >= 0.3 is 0 Å². The minimum absolute atomic E-state index is 0.470. The minimum atomic E-state index is 0.470. The van der Waals surface area contributed by atoms with Gasteiger partial charge < -0.3 is 0 Å². The third kappa shape index (κ3) is 26.1. The van der Waals surface area contributed by atoms with Gasteiger partial charge in [-0.05, 0) is 115 Å². The van der Waals surface area contributed by atoms with Crippen molar-refractivity contribution in [2.45, 2.75) is 208 Å². The lowest BCUT2D eigenvalue weighted by Crippen LogP contribution is -2.26. The zero-order valence-electron chi connectivity index (χ0n) is 32.4. The molecule has 0 saturated carbocycles. The van der Waals surface area contributed by atoms with Crippen molar-refractivity contribution < 1.29 is 0 Å². The Morgan fingerprint density at radius 3 is 0.683 bits per heavy atom. The lowest BCUT2D eigenvalue weighted by atomic mass is 9.66. The molecule has 0 aliphatic carbocycles. The average Bonchev–Trinajstić information content (AvgIpc) is 2.80. The van der Waals surface area contributed by atoms with E-state index in [0.717, 1.165) is 41.4 Å². The van der Waals surface area contributed by atoms with Gasteiger partial charge in [-0.2, -0.15) is 0 Å². The molecule has 0 rings (SSSR count). The van der Waals surface area contributed by atoms with Gasteiger partial charge in [0.25, 0.3) is 0 Å². The summed E-state index contributed by atoms with van der Waals surface area (Å²) in [6, 6.07) is 0. The molecule has 0 aromatic carbocycles. The van der Waals surface area contributed by atoms with Gasteiger partial charge in [0.2, 0.25) is 0 Å². The molecule has 0 radical (unpaired) electrons. The molecule has 0 aromatic heterocycles. The zero-order valence-corrected chi connectivity index (χ0v) is 32.4. The highest BCUT2D eigenvalue weighted by Crippen LogP contribution is 2.45. The van der Waals surface area contributed by atoms with Crippen LogP contribution < -0.4 is 0 Å². The molecule has 41 heavy (non-hydrogen) atoms. The van der Waals surface area contributed by atoms with Crippen LogP contribution in [0, 0.1) is 57.7 Å². The highest BCUT2D eigenvalue weighted by Gasteiger charge is 2.32. The summed E-state index contributed by atoms with van der Waals surface area (Å²) >= 11 is 0. The Labute approximate surface area is 264 Å². The molecule has 0 unspecified atom stereocenters. The van der Waals surface area contributed by atoms with Crippen LogP contribution in [-0.4, -0.2) is 0 Å². The van der Waals surface area contributed by atoms with Crippen molar-refractivity contribution in [2.24, 2.45) is 57.7 Å². The fraction of sp³-hybridized carbons (Fsp3) is 1.00. The van der Waals surface area contributed by atoms with Crippen LogP contribution in [0.3, 0.4) is 0 Å². The van der Waals surface area contributed by atoms with Gasteiger partial charge in [-0.1, -0.05) is 150 Å². The fourth-order valence-corrected chi connectivity index (χ4v) is 6.71. The Hall–Kier alpha value is 0. The third-order valence-electron chi connectivity index (χ3n) is 9.35. The van der Waals surface area contributed by atoms with Crippen molar-refractivity contribution >= 4 is 0 Å². The van der Waals surface area contributed by atoms with Crippen LogP contribution in [0.5, 0.6) is 0 Å². The first-order valence-electron chi connectivity index (χ1n) is 18.6. The maximum atomic E-state index is 2.41. The van der Waals surface area contributed by atoms with Crippen LogP contribution in [-0.2, 0) is 0 Å². The molecule has 0 aliphatic heterocycles. The molecule has 0 spiro atoms. The summed E-state index contributed by atoms with van der Waals surface area (Å²) < 4.78 is 0. The van der Waals surface area contributed by atoms with E-state index in [1.807, 2.05) is 0 Å². The zero-order chi connectivity index (χ0) is 32.4. The van der Waals surface area contributed by atoms with Crippen LogP contribution in [0.2, 0.25) is 0 Å². The minimum Gasteiger partial charge on any atom is -0.0628 e. The first kappa shape index (κ1) is 43.1. The van der Waals surface area contributed by atoms with Crippen molar-refractivity contribution in [1.29, 1.82) is 0 Å². The van der Waals surface area contributed by atoms with E-state index in [9.17, 15) is 0 Å². The molecule has 0 bridgehead atoms. The molecule has 0 fully saturated rings. The van der Waals surface area contributed by atoms with Crippen LogP contribution >= 0.6 is 0 Å². The molecule has 0 amide bonds. The predicted molar refractivity (Wildman–Crippen MR) is 193 cm³/mol. The van der Waals surface area contributed by atoms with Crippen LogP contribution in [0.15, 0.2) is 0 Å². The standard InChI is InChI=1S/C21H44.C20H42/c1-17(2)10-12-21(16-19(5)6,13-11-18(3)4)15-14-20(7,8)9;1-16(2)9-12-20(15-19(7)8,13-10-17(3)4)14-11-18(5)6/h17-19H,10-16H2,1-9H3;16-19H,9-15H2,1-8H3. The smallest absolute Gasteiger partial charge is 0.0295 e. The molecule has 0 nitrogen and oxygen atoms in total. The first-order valence-corrected chi connectivity index (χ1v) is 18.6. The van der Waals surface area contributed by atoms with E-state index in [0.29, 0.717) is 16.2 Å². The topological polar surface area (TPSA) is 0 Å². The molecule has 0 atom stereocenters. The quantitative estimate of drug-likeness (QED) is 0.127. The van der Waals surface area contributed by atoms with E-state index >= 15 is 0 Å². The maximum Gasteiger partial charge on any atom is -0.0295 e. The molecule has 0 aromatic rings. The second-order valence-electron chi connectivity index (χ2n) is 18.9. The molecule has 0 N–H and O–H groups in total. The largest absolute Gasteiger partial charge is 0.0628 e. The van der Waals surface area contributed by atoms with Gasteiger partial charge in [0, 0.05) is 0 Å². The molecule has 250 valence electrons.